The van der Waals surface area contributed by atoms with Gasteiger partial charge in [-0.15, -0.1) is 10.2 Å². The first kappa shape index (κ1) is 19.9. The molecule has 0 aliphatic carbocycles. The predicted molar refractivity (Wildman–Crippen MR) is 117 cm³/mol. The Balaban J connectivity index is 1.48. The molecule has 0 amide bonds. The van der Waals surface area contributed by atoms with Gasteiger partial charge in [-0.2, -0.15) is 0 Å². The summed E-state index contributed by atoms with van der Waals surface area (Å²) in [7, 11) is -0.554. The molecule has 2 aromatic carbocycles. The highest BCUT2D eigenvalue weighted by atomic mass is 32.2. The minimum Gasteiger partial charge on any atom is -0.486 e. The summed E-state index contributed by atoms with van der Waals surface area (Å²) in [6.07, 6.45) is 0. The zero-order chi connectivity index (χ0) is 21.6. The van der Waals surface area contributed by atoms with Crippen LogP contribution in [-0.2, 0) is 10.0 Å². The third kappa shape index (κ3) is 3.54. The molecule has 0 spiro atoms. The summed E-state index contributed by atoms with van der Waals surface area (Å²) < 4.78 is 39.3. The van der Waals surface area contributed by atoms with E-state index < -0.39 is 10.0 Å². The largest absolute Gasteiger partial charge is 0.486 e. The fourth-order valence-corrected chi connectivity index (χ4v) is 4.93. The lowest BCUT2D eigenvalue weighted by atomic mass is 10.1. The number of hydrogen-bond acceptors (Lipinski definition) is 8. The quantitative estimate of drug-likeness (QED) is 0.638. The lowest BCUT2D eigenvalue weighted by molar-refractivity contribution is 0.171. The van der Waals surface area contributed by atoms with Crippen molar-refractivity contribution in [3.63, 3.8) is 0 Å². The molecule has 9 nitrogen and oxygen atoms in total. The number of thioether (sulfide) groups is 1. The maximum absolute atomic E-state index is 12.5. The van der Waals surface area contributed by atoms with Crippen LogP contribution >= 0.6 is 11.8 Å². The van der Waals surface area contributed by atoms with Crippen LogP contribution in [-0.4, -0.2) is 54.9 Å². The lowest BCUT2D eigenvalue weighted by Gasteiger charge is -2.22. The van der Waals surface area contributed by atoms with Gasteiger partial charge in [0.15, 0.2) is 17.3 Å². The molecule has 1 aromatic heterocycles. The summed E-state index contributed by atoms with van der Waals surface area (Å²) in [6, 6.07) is 12.4. The first-order chi connectivity index (χ1) is 14.9. The van der Waals surface area contributed by atoms with Crippen molar-refractivity contribution in [3.05, 3.63) is 53.4 Å². The minimum atomic E-state index is -3.56. The topological polar surface area (TPSA) is 98.6 Å². The molecule has 3 heterocycles. The molecule has 1 N–H and O–H groups in total. The van der Waals surface area contributed by atoms with Gasteiger partial charge in [0.25, 0.3) is 0 Å². The van der Waals surface area contributed by atoms with Gasteiger partial charge >= 0.3 is 0 Å². The van der Waals surface area contributed by atoms with Gasteiger partial charge in [-0.3, -0.25) is 5.43 Å². The Hall–Kier alpha value is -3.02. The predicted octanol–water partition coefficient (Wildman–Crippen LogP) is 2.61. The monoisotopic (exact) mass is 457 g/mol. The maximum Gasteiger partial charge on any atom is 0.242 e. The first-order valence-corrected chi connectivity index (χ1v) is 11.8. The fraction of sp³-hybridized carbons (Fsp3) is 0.200. The maximum atomic E-state index is 12.5. The summed E-state index contributed by atoms with van der Waals surface area (Å²) in [5, 5.41) is 11.1. The van der Waals surface area contributed by atoms with Gasteiger partial charge in [0, 0.05) is 30.6 Å². The second-order valence-electron chi connectivity index (χ2n) is 7.08. The van der Waals surface area contributed by atoms with Crippen LogP contribution in [0.5, 0.6) is 11.5 Å². The molecule has 2 aliphatic heterocycles. The number of ether oxygens (including phenoxy) is 2. The van der Waals surface area contributed by atoms with E-state index in [9.17, 15) is 8.42 Å². The zero-order valence-corrected chi connectivity index (χ0v) is 18.4. The van der Waals surface area contributed by atoms with Gasteiger partial charge in [0.2, 0.25) is 15.2 Å². The van der Waals surface area contributed by atoms with E-state index in [1.54, 1.807) is 28.9 Å². The van der Waals surface area contributed by atoms with Crippen LogP contribution < -0.4 is 14.9 Å². The molecule has 3 aromatic rings. The standard InChI is InChI=1S/C20H19N5O4S2/c1-24(2)31(26,27)15-5-3-4-14(10-15)19-21-22-20-25(19)23-16(12-30-20)13-6-7-17-18(11-13)29-9-8-28-17/h3-7,10-12,23H,8-9H2,1-2H3. The third-order valence-electron chi connectivity index (χ3n) is 4.87. The van der Waals surface area contributed by atoms with Gasteiger partial charge in [-0.25, -0.2) is 17.4 Å². The highest BCUT2D eigenvalue weighted by Crippen LogP contribution is 2.36. The molecule has 0 bridgehead atoms. The van der Waals surface area contributed by atoms with E-state index in [-0.39, 0.29) is 4.90 Å². The average molecular weight is 458 g/mol. The van der Waals surface area contributed by atoms with E-state index in [0.29, 0.717) is 35.5 Å². The van der Waals surface area contributed by atoms with Crippen LogP contribution in [0.1, 0.15) is 5.56 Å². The van der Waals surface area contributed by atoms with Crippen LogP contribution in [0.4, 0.5) is 0 Å². The number of fused-ring (bicyclic) bond motifs is 2. The van der Waals surface area contributed by atoms with Crippen molar-refractivity contribution in [3.8, 4) is 22.9 Å². The first-order valence-electron chi connectivity index (χ1n) is 9.46. The third-order valence-corrected chi connectivity index (χ3v) is 7.51. The molecule has 0 unspecified atom stereocenters. The van der Waals surface area contributed by atoms with E-state index in [2.05, 4.69) is 15.6 Å². The molecule has 0 atom stereocenters. The second kappa shape index (κ2) is 7.59. The summed E-state index contributed by atoms with van der Waals surface area (Å²) in [4.78, 5) is 0.193. The smallest absolute Gasteiger partial charge is 0.242 e. The molecule has 5 rings (SSSR count). The van der Waals surface area contributed by atoms with Crippen LogP contribution in [0.3, 0.4) is 0 Å². The van der Waals surface area contributed by atoms with E-state index in [4.69, 9.17) is 9.47 Å². The second-order valence-corrected chi connectivity index (χ2v) is 10.1. The van der Waals surface area contributed by atoms with Crippen molar-refractivity contribution >= 4 is 27.5 Å². The number of sulfonamides is 1. The van der Waals surface area contributed by atoms with Crippen molar-refractivity contribution in [1.82, 2.24) is 19.2 Å². The molecular formula is C20H19N5O4S2. The molecule has 2 aliphatic rings. The van der Waals surface area contributed by atoms with Crippen molar-refractivity contribution in [2.75, 3.05) is 32.7 Å². The zero-order valence-electron chi connectivity index (χ0n) is 16.8. The number of nitrogens with one attached hydrogen (secondary N) is 1. The minimum absolute atomic E-state index is 0.193. The summed E-state index contributed by atoms with van der Waals surface area (Å²) >= 11 is 1.43. The average Bonchev–Trinajstić information content (AvgIpc) is 3.22. The molecule has 160 valence electrons. The molecule has 31 heavy (non-hydrogen) atoms. The highest BCUT2D eigenvalue weighted by molar-refractivity contribution is 8.02. The Morgan fingerprint density at radius 1 is 1.03 bits per heavy atom. The Kier molecular flexibility index (Phi) is 4.88. The van der Waals surface area contributed by atoms with Gasteiger partial charge in [-0.05, 0) is 30.3 Å². The van der Waals surface area contributed by atoms with Crippen molar-refractivity contribution < 1.29 is 17.9 Å². The normalized spacial score (nSPS) is 15.3. The Labute approximate surface area is 183 Å². The Bertz CT molecular complexity index is 1300. The molecule has 0 fully saturated rings. The summed E-state index contributed by atoms with van der Waals surface area (Å²) in [6.45, 7) is 1.06. The number of benzene rings is 2. The Morgan fingerprint density at radius 3 is 2.65 bits per heavy atom. The SMILES string of the molecule is CN(C)S(=O)(=O)c1cccc(-c2nnc3n2NC(c2ccc4c(c2)OCCO4)=CS3)c1. The van der Waals surface area contributed by atoms with E-state index in [1.807, 2.05) is 23.6 Å². The number of rotatable bonds is 4. The van der Waals surface area contributed by atoms with Crippen molar-refractivity contribution in [2.45, 2.75) is 10.1 Å². The Morgan fingerprint density at radius 2 is 1.84 bits per heavy atom. The van der Waals surface area contributed by atoms with Crippen LogP contribution in [0.2, 0.25) is 0 Å². The molecule has 0 saturated heterocycles. The van der Waals surface area contributed by atoms with Crippen LogP contribution in [0.15, 0.2) is 57.9 Å². The van der Waals surface area contributed by atoms with Gasteiger partial charge in [0.05, 0.1) is 10.6 Å². The van der Waals surface area contributed by atoms with Gasteiger partial charge < -0.3 is 9.47 Å². The van der Waals surface area contributed by atoms with Gasteiger partial charge in [0.1, 0.15) is 13.2 Å². The lowest BCUT2D eigenvalue weighted by Crippen LogP contribution is -2.22. The summed E-state index contributed by atoms with van der Waals surface area (Å²) in [5.74, 6) is 1.94. The molecule has 11 heteroatoms. The molecule has 0 saturated carbocycles. The van der Waals surface area contributed by atoms with Crippen molar-refractivity contribution in [2.24, 2.45) is 0 Å². The van der Waals surface area contributed by atoms with E-state index >= 15 is 0 Å². The number of aromatic nitrogens is 3. The van der Waals surface area contributed by atoms with E-state index in [0.717, 1.165) is 17.0 Å². The molecule has 0 radical (unpaired) electrons. The number of hydrogen-bond donors (Lipinski definition) is 1. The van der Waals surface area contributed by atoms with Crippen LogP contribution in [0, 0.1) is 0 Å². The van der Waals surface area contributed by atoms with Gasteiger partial charge in [-0.1, -0.05) is 23.9 Å². The van der Waals surface area contributed by atoms with Crippen LogP contribution in [0.25, 0.3) is 17.1 Å². The van der Waals surface area contributed by atoms with E-state index in [1.165, 1.54) is 30.2 Å². The van der Waals surface area contributed by atoms with Crippen molar-refractivity contribution in [1.29, 1.82) is 0 Å². The number of nitrogens with zero attached hydrogens (tertiary/aromatic N) is 4. The molecular weight excluding hydrogens is 438 g/mol. The highest BCUT2D eigenvalue weighted by Gasteiger charge is 2.23. The fourth-order valence-electron chi connectivity index (χ4n) is 3.24. The summed E-state index contributed by atoms with van der Waals surface area (Å²) in [5.41, 5.74) is 5.72.